The number of aromatic nitrogens is 2. The number of carbonyl (C=O) groups excluding carboxylic acids is 1. The van der Waals surface area contributed by atoms with Crippen LogP contribution in [-0.2, 0) is 11.0 Å². The van der Waals surface area contributed by atoms with Gasteiger partial charge in [0, 0.05) is 44.2 Å². The number of hydrogen-bond acceptors (Lipinski definition) is 4. The van der Waals surface area contributed by atoms with Gasteiger partial charge in [0.25, 0.3) is 0 Å². The summed E-state index contributed by atoms with van der Waals surface area (Å²) in [5, 5.41) is 0.634. The zero-order chi connectivity index (χ0) is 19.9. The Kier molecular flexibility index (Phi) is 4.89. The first-order valence-electron chi connectivity index (χ1n) is 9.66. The van der Waals surface area contributed by atoms with Crippen LogP contribution in [0.3, 0.4) is 0 Å². The Labute approximate surface area is 161 Å². The first-order valence-corrected chi connectivity index (χ1v) is 9.66. The second kappa shape index (κ2) is 7.22. The van der Waals surface area contributed by atoms with Crippen molar-refractivity contribution >= 4 is 22.6 Å². The van der Waals surface area contributed by atoms with Crippen LogP contribution < -0.4 is 4.90 Å². The summed E-state index contributed by atoms with van der Waals surface area (Å²) in [7, 11) is 1.88. The summed E-state index contributed by atoms with van der Waals surface area (Å²) in [6.45, 7) is 2.30. The van der Waals surface area contributed by atoms with Gasteiger partial charge in [0.05, 0.1) is 5.52 Å². The monoisotopic (exact) mass is 392 g/mol. The van der Waals surface area contributed by atoms with Crippen molar-refractivity contribution in [2.45, 2.75) is 31.9 Å². The maximum atomic E-state index is 12.9. The van der Waals surface area contributed by atoms with Crippen molar-refractivity contribution in [2.75, 3.05) is 31.6 Å². The molecule has 0 bridgehead atoms. The second-order valence-corrected chi connectivity index (χ2v) is 7.82. The van der Waals surface area contributed by atoms with Gasteiger partial charge in [-0.2, -0.15) is 13.2 Å². The highest BCUT2D eigenvalue weighted by Gasteiger charge is 2.34. The third-order valence-corrected chi connectivity index (χ3v) is 5.63. The largest absolute Gasteiger partial charge is 0.433 e. The highest BCUT2D eigenvalue weighted by molar-refractivity contribution is 5.89. The van der Waals surface area contributed by atoms with Gasteiger partial charge in [-0.1, -0.05) is 0 Å². The van der Waals surface area contributed by atoms with Crippen LogP contribution in [0.25, 0.3) is 10.9 Å². The Balaban J connectivity index is 1.44. The topological polar surface area (TPSA) is 49.3 Å². The lowest BCUT2D eigenvalue weighted by atomic mass is 9.96. The van der Waals surface area contributed by atoms with Crippen LogP contribution in [0.15, 0.2) is 24.4 Å². The molecule has 1 aliphatic heterocycles. The van der Waals surface area contributed by atoms with Gasteiger partial charge in [0.2, 0.25) is 5.91 Å². The van der Waals surface area contributed by atoms with Crippen LogP contribution in [0.1, 0.15) is 31.4 Å². The lowest BCUT2D eigenvalue weighted by Gasteiger charge is -2.35. The molecule has 2 aliphatic rings. The highest BCUT2D eigenvalue weighted by atomic mass is 19.4. The molecule has 3 heterocycles. The zero-order valence-electron chi connectivity index (χ0n) is 15.7. The van der Waals surface area contributed by atoms with E-state index in [1.165, 1.54) is 18.3 Å². The first kappa shape index (κ1) is 19.0. The van der Waals surface area contributed by atoms with Crippen molar-refractivity contribution in [3.8, 4) is 0 Å². The standard InChI is InChI=1S/C20H23F3N4O/c1-26(19(28)14-2-3-14)12-13-7-10-27(11-8-13)18-15-4-5-17(20(21,22)23)25-16(15)6-9-24-18/h4-6,9,13-14H,2-3,7-8,10-12H2,1H3. The van der Waals surface area contributed by atoms with Gasteiger partial charge in [-0.3, -0.25) is 4.79 Å². The summed E-state index contributed by atoms with van der Waals surface area (Å²) in [5.41, 5.74) is -0.587. The Morgan fingerprint density at radius 2 is 1.89 bits per heavy atom. The molecule has 0 N–H and O–H groups in total. The van der Waals surface area contributed by atoms with Gasteiger partial charge in [0.1, 0.15) is 11.5 Å². The molecule has 1 aliphatic carbocycles. The van der Waals surface area contributed by atoms with Crippen molar-refractivity contribution in [1.29, 1.82) is 0 Å². The van der Waals surface area contributed by atoms with Crippen LogP contribution in [0.5, 0.6) is 0 Å². The number of amides is 1. The third-order valence-electron chi connectivity index (χ3n) is 5.63. The summed E-state index contributed by atoms with van der Waals surface area (Å²) < 4.78 is 38.7. The van der Waals surface area contributed by atoms with E-state index in [2.05, 4.69) is 14.9 Å². The number of alkyl halides is 3. The van der Waals surface area contributed by atoms with E-state index in [1.54, 1.807) is 0 Å². The van der Waals surface area contributed by atoms with Crippen LogP contribution in [-0.4, -0.2) is 47.5 Å². The summed E-state index contributed by atoms with van der Waals surface area (Å²) in [6.07, 6.45) is 0.929. The third kappa shape index (κ3) is 3.91. The Bertz CT molecular complexity index is 873. The molecule has 5 nitrogen and oxygen atoms in total. The fourth-order valence-electron chi connectivity index (χ4n) is 3.90. The Morgan fingerprint density at radius 3 is 2.54 bits per heavy atom. The molecule has 0 unspecified atom stereocenters. The lowest BCUT2D eigenvalue weighted by molar-refractivity contribution is -0.141. The fraction of sp³-hybridized carbons (Fsp3) is 0.550. The van der Waals surface area contributed by atoms with E-state index in [0.717, 1.165) is 51.4 Å². The molecule has 2 aromatic heterocycles. The van der Waals surface area contributed by atoms with Gasteiger partial charge in [-0.05, 0) is 49.8 Å². The van der Waals surface area contributed by atoms with Crippen LogP contribution in [0, 0.1) is 11.8 Å². The summed E-state index contributed by atoms with van der Waals surface area (Å²) in [4.78, 5) is 24.3. The van der Waals surface area contributed by atoms with Gasteiger partial charge in [-0.25, -0.2) is 9.97 Å². The number of halogens is 3. The predicted molar refractivity (Wildman–Crippen MR) is 99.8 cm³/mol. The quantitative estimate of drug-likeness (QED) is 0.796. The molecular formula is C20H23F3N4O. The number of anilines is 1. The van der Waals surface area contributed by atoms with E-state index in [0.29, 0.717) is 22.6 Å². The van der Waals surface area contributed by atoms with Crippen LogP contribution in [0.4, 0.5) is 19.0 Å². The normalized spacial score (nSPS) is 18.5. The van der Waals surface area contributed by atoms with Crippen molar-refractivity contribution in [1.82, 2.24) is 14.9 Å². The minimum atomic E-state index is -4.46. The maximum absolute atomic E-state index is 12.9. The number of hydrogen-bond donors (Lipinski definition) is 0. The van der Waals surface area contributed by atoms with Gasteiger partial charge in [0.15, 0.2) is 0 Å². The molecule has 1 amide bonds. The van der Waals surface area contributed by atoms with Crippen molar-refractivity contribution in [3.05, 3.63) is 30.1 Å². The first-order chi connectivity index (χ1) is 13.3. The zero-order valence-corrected chi connectivity index (χ0v) is 15.7. The second-order valence-electron chi connectivity index (χ2n) is 7.82. The van der Waals surface area contributed by atoms with Crippen LogP contribution >= 0.6 is 0 Å². The summed E-state index contributed by atoms with van der Waals surface area (Å²) >= 11 is 0. The minimum Gasteiger partial charge on any atom is -0.356 e. The van der Waals surface area contributed by atoms with E-state index in [1.807, 2.05) is 11.9 Å². The number of nitrogens with zero attached hydrogens (tertiary/aromatic N) is 4. The van der Waals surface area contributed by atoms with Gasteiger partial charge < -0.3 is 9.80 Å². The predicted octanol–water partition coefficient (Wildman–Crippen LogP) is 3.73. The molecule has 1 saturated heterocycles. The molecule has 2 fully saturated rings. The maximum Gasteiger partial charge on any atom is 0.433 e. The Hall–Kier alpha value is -2.38. The molecule has 0 atom stereocenters. The molecule has 0 aromatic carbocycles. The fourth-order valence-corrected chi connectivity index (χ4v) is 3.90. The average Bonchev–Trinajstić information content (AvgIpc) is 3.51. The molecular weight excluding hydrogens is 369 g/mol. The SMILES string of the molecule is CN(CC1CCN(c2nccc3nc(C(F)(F)F)ccc23)CC1)C(=O)C1CC1. The summed E-state index contributed by atoms with van der Waals surface area (Å²) in [6, 6.07) is 3.99. The molecule has 28 heavy (non-hydrogen) atoms. The molecule has 8 heteroatoms. The van der Waals surface area contributed by atoms with Crippen molar-refractivity contribution in [2.24, 2.45) is 11.8 Å². The lowest BCUT2D eigenvalue weighted by Crippen LogP contribution is -2.40. The van der Waals surface area contributed by atoms with Crippen LogP contribution in [0.2, 0.25) is 0 Å². The van der Waals surface area contributed by atoms with E-state index < -0.39 is 11.9 Å². The number of carbonyl (C=O) groups is 1. The molecule has 1 saturated carbocycles. The van der Waals surface area contributed by atoms with Gasteiger partial charge >= 0.3 is 6.18 Å². The highest BCUT2D eigenvalue weighted by Crippen LogP contribution is 2.33. The number of fused-ring (bicyclic) bond motifs is 1. The Morgan fingerprint density at radius 1 is 1.18 bits per heavy atom. The number of pyridine rings is 2. The summed E-state index contributed by atoms with van der Waals surface area (Å²) in [5.74, 6) is 1.61. The van der Waals surface area contributed by atoms with E-state index in [-0.39, 0.29) is 11.8 Å². The minimum absolute atomic E-state index is 0.235. The van der Waals surface area contributed by atoms with E-state index >= 15 is 0 Å². The average molecular weight is 392 g/mol. The van der Waals surface area contributed by atoms with Gasteiger partial charge in [-0.15, -0.1) is 0 Å². The molecule has 2 aromatic rings. The number of piperidine rings is 1. The number of rotatable bonds is 4. The van der Waals surface area contributed by atoms with E-state index in [9.17, 15) is 18.0 Å². The molecule has 4 rings (SSSR count). The smallest absolute Gasteiger partial charge is 0.356 e. The molecule has 150 valence electrons. The van der Waals surface area contributed by atoms with Crippen molar-refractivity contribution in [3.63, 3.8) is 0 Å². The van der Waals surface area contributed by atoms with Crippen molar-refractivity contribution < 1.29 is 18.0 Å². The van der Waals surface area contributed by atoms with E-state index in [4.69, 9.17) is 0 Å². The molecule has 0 spiro atoms. The molecule has 0 radical (unpaired) electrons.